The predicted octanol–water partition coefficient (Wildman–Crippen LogP) is 2.50. The molecule has 0 unspecified atom stereocenters. The zero-order valence-corrected chi connectivity index (χ0v) is 11.4. The lowest BCUT2D eigenvalue weighted by atomic mass is 10.2. The molecule has 18 heavy (non-hydrogen) atoms. The van der Waals surface area contributed by atoms with Gasteiger partial charge in [0.25, 0.3) is 0 Å². The molecule has 0 aromatic carbocycles. The summed E-state index contributed by atoms with van der Waals surface area (Å²) in [7, 11) is 0. The molecule has 1 N–H and O–H groups in total. The van der Waals surface area contributed by atoms with Crippen molar-refractivity contribution in [3.63, 3.8) is 0 Å². The minimum Gasteiger partial charge on any atom is -0.444 e. The molecule has 0 spiro atoms. The van der Waals surface area contributed by atoms with Crippen molar-refractivity contribution < 1.29 is 9.53 Å². The van der Waals surface area contributed by atoms with Crippen LogP contribution in [0.4, 0.5) is 4.79 Å². The number of nitrogens with zero attached hydrogens (tertiary/aromatic N) is 1. The van der Waals surface area contributed by atoms with Crippen LogP contribution in [0.3, 0.4) is 0 Å². The molecular formula is C13H14N2O2S. The number of hydrogen-bond acceptors (Lipinski definition) is 4. The van der Waals surface area contributed by atoms with Crippen molar-refractivity contribution in [2.75, 3.05) is 6.54 Å². The number of thiophene rings is 1. The molecule has 1 heterocycles. The van der Waals surface area contributed by atoms with Gasteiger partial charge in [0, 0.05) is 10.9 Å². The first-order valence-corrected chi connectivity index (χ1v) is 6.23. The normalized spacial score (nSPS) is 9.89. The van der Waals surface area contributed by atoms with Crippen LogP contribution in [0.15, 0.2) is 11.4 Å². The van der Waals surface area contributed by atoms with Gasteiger partial charge in [0.05, 0.1) is 6.54 Å². The van der Waals surface area contributed by atoms with Crippen LogP contribution in [0.5, 0.6) is 0 Å². The fourth-order valence-electron chi connectivity index (χ4n) is 1.04. The summed E-state index contributed by atoms with van der Waals surface area (Å²) in [5.41, 5.74) is 0.273. The standard InChI is InChI=1S/C13H14N2O2S/c1-13(2,3)17-12(16)15-6-4-5-10-7-11(8-14)18-9-10/h7,9H,6H2,1-3H3,(H,15,16). The fourth-order valence-corrected chi connectivity index (χ4v) is 1.67. The van der Waals surface area contributed by atoms with Gasteiger partial charge in [-0.3, -0.25) is 0 Å². The monoisotopic (exact) mass is 262 g/mol. The first-order chi connectivity index (χ1) is 8.40. The van der Waals surface area contributed by atoms with E-state index in [1.165, 1.54) is 11.3 Å². The van der Waals surface area contributed by atoms with E-state index in [1.807, 2.05) is 6.07 Å². The molecule has 4 nitrogen and oxygen atoms in total. The SMILES string of the molecule is CC(C)(C)OC(=O)NCC#Cc1csc(C#N)c1. The van der Waals surface area contributed by atoms with Crippen LogP contribution in [0, 0.1) is 23.2 Å². The van der Waals surface area contributed by atoms with Gasteiger partial charge in [-0.1, -0.05) is 11.8 Å². The van der Waals surface area contributed by atoms with Crippen LogP contribution in [0.2, 0.25) is 0 Å². The highest BCUT2D eigenvalue weighted by Gasteiger charge is 2.14. The van der Waals surface area contributed by atoms with E-state index >= 15 is 0 Å². The van der Waals surface area contributed by atoms with Gasteiger partial charge in [0.2, 0.25) is 0 Å². The molecule has 0 aliphatic heterocycles. The third-order valence-corrected chi connectivity index (χ3v) is 2.50. The Kier molecular flexibility index (Phi) is 4.76. The van der Waals surface area contributed by atoms with E-state index in [4.69, 9.17) is 10.00 Å². The quantitative estimate of drug-likeness (QED) is 0.791. The number of nitrogens with one attached hydrogen (secondary N) is 1. The van der Waals surface area contributed by atoms with Crippen molar-refractivity contribution >= 4 is 17.4 Å². The maximum absolute atomic E-state index is 11.3. The third kappa shape index (κ3) is 5.38. The number of hydrogen-bond donors (Lipinski definition) is 1. The Morgan fingerprint density at radius 3 is 2.83 bits per heavy atom. The molecule has 0 bridgehead atoms. The van der Waals surface area contributed by atoms with Gasteiger partial charge < -0.3 is 10.1 Å². The smallest absolute Gasteiger partial charge is 0.408 e. The first kappa shape index (κ1) is 14.1. The van der Waals surface area contributed by atoms with E-state index in [-0.39, 0.29) is 6.54 Å². The highest BCUT2D eigenvalue weighted by Crippen LogP contribution is 2.11. The first-order valence-electron chi connectivity index (χ1n) is 5.35. The van der Waals surface area contributed by atoms with Crippen molar-refractivity contribution in [2.24, 2.45) is 0 Å². The minimum absolute atomic E-state index is 0.215. The van der Waals surface area contributed by atoms with Crippen molar-refractivity contribution in [3.8, 4) is 17.9 Å². The highest BCUT2D eigenvalue weighted by atomic mass is 32.1. The highest BCUT2D eigenvalue weighted by molar-refractivity contribution is 7.10. The van der Waals surface area contributed by atoms with Crippen molar-refractivity contribution in [1.29, 1.82) is 5.26 Å². The molecule has 0 fully saturated rings. The van der Waals surface area contributed by atoms with E-state index in [0.717, 1.165) is 5.56 Å². The minimum atomic E-state index is -0.507. The number of carbonyl (C=O) groups is 1. The predicted molar refractivity (Wildman–Crippen MR) is 70.1 cm³/mol. The van der Waals surface area contributed by atoms with Gasteiger partial charge in [-0.15, -0.1) is 11.3 Å². The molecule has 0 saturated carbocycles. The molecule has 1 aromatic rings. The maximum Gasteiger partial charge on any atom is 0.408 e. The molecule has 0 aliphatic rings. The molecule has 1 rings (SSSR count). The summed E-state index contributed by atoms with van der Waals surface area (Å²) < 4.78 is 5.05. The van der Waals surface area contributed by atoms with Crippen molar-refractivity contribution in [2.45, 2.75) is 26.4 Å². The fraction of sp³-hybridized carbons (Fsp3) is 0.385. The number of alkyl carbamates (subject to hydrolysis) is 1. The molecule has 94 valence electrons. The Morgan fingerprint density at radius 2 is 2.28 bits per heavy atom. The van der Waals surface area contributed by atoms with Crippen molar-refractivity contribution in [3.05, 3.63) is 21.9 Å². The Hall–Kier alpha value is -1.98. The third-order valence-electron chi connectivity index (χ3n) is 1.66. The lowest BCUT2D eigenvalue weighted by molar-refractivity contribution is 0.0535. The summed E-state index contributed by atoms with van der Waals surface area (Å²) in [4.78, 5) is 11.9. The Balaban J connectivity index is 2.39. The molecular weight excluding hydrogens is 248 g/mol. The van der Waals surface area contributed by atoms with Gasteiger partial charge in [-0.25, -0.2) is 4.79 Å². The number of carbonyl (C=O) groups excluding carboxylic acids is 1. The van der Waals surface area contributed by atoms with Crippen LogP contribution in [-0.2, 0) is 4.74 Å². The van der Waals surface area contributed by atoms with Gasteiger partial charge >= 0.3 is 6.09 Å². The number of ether oxygens (including phenoxy) is 1. The van der Waals surface area contributed by atoms with Crippen LogP contribution in [0.1, 0.15) is 31.2 Å². The Morgan fingerprint density at radius 1 is 1.56 bits per heavy atom. The number of nitriles is 1. The topological polar surface area (TPSA) is 62.1 Å². The van der Waals surface area contributed by atoms with Crippen LogP contribution < -0.4 is 5.32 Å². The summed E-state index contributed by atoms with van der Waals surface area (Å²) in [5, 5.41) is 13.0. The van der Waals surface area contributed by atoms with Gasteiger partial charge in [0.15, 0.2) is 0 Å². The average Bonchev–Trinajstić information content (AvgIpc) is 2.70. The lowest BCUT2D eigenvalue weighted by Crippen LogP contribution is -2.32. The number of amides is 1. The van der Waals surface area contributed by atoms with Gasteiger partial charge in [0.1, 0.15) is 16.5 Å². The van der Waals surface area contributed by atoms with Gasteiger partial charge in [-0.2, -0.15) is 5.26 Å². The molecule has 0 aliphatic carbocycles. The largest absolute Gasteiger partial charge is 0.444 e. The van der Waals surface area contributed by atoms with E-state index in [2.05, 4.69) is 17.2 Å². The molecule has 1 aromatic heterocycles. The summed E-state index contributed by atoms with van der Waals surface area (Å²) in [5.74, 6) is 5.65. The lowest BCUT2D eigenvalue weighted by Gasteiger charge is -2.18. The summed E-state index contributed by atoms with van der Waals surface area (Å²) in [6.07, 6.45) is -0.486. The second-order valence-electron chi connectivity index (χ2n) is 4.47. The van der Waals surface area contributed by atoms with E-state index < -0.39 is 11.7 Å². The van der Waals surface area contributed by atoms with E-state index in [0.29, 0.717) is 4.88 Å². The molecule has 0 radical (unpaired) electrons. The summed E-state index contributed by atoms with van der Waals surface area (Å²) in [6, 6.07) is 3.76. The molecule has 1 amide bonds. The Labute approximate surface area is 111 Å². The molecule has 5 heteroatoms. The molecule has 0 saturated heterocycles. The zero-order valence-electron chi connectivity index (χ0n) is 10.5. The average molecular weight is 262 g/mol. The summed E-state index contributed by atoms with van der Waals surface area (Å²) >= 11 is 1.35. The second-order valence-corrected chi connectivity index (χ2v) is 5.38. The van der Waals surface area contributed by atoms with Gasteiger partial charge in [-0.05, 0) is 26.8 Å². The second kappa shape index (κ2) is 6.09. The number of rotatable bonds is 1. The zero-order chi connectivity index (χ0) is 13.6. The van der Waals surface area contributed by atoms with E-state index in [1.54, 1.807) is 32.2 Å². The maximum atomic E-state index is 11.3. The van der Waals surface area contributed by atoms with Crippen LogP contribution >= 0.6 is 11.3 Å². The molecule has 0 atom stereocenters. The van der Waals surface area contributed by atoms with Crippen LogP contribution in [0.25, 0.3) is 0 Å². The van der Waals surface area contributed by atoms with E-state index in [9.17, 15) is 4.79 Å². The Bertz CT molecular complexity index is 524. The summed E-state index contributed by atoms with van der Waals surface area (Å²) in [6.45, 7) is 5.61. The van der Waals surface area contributed by atoms with Crippen molar-refractivity contribution in [1.82, 2.24) is 5.32 Å². The van der Waals surface area contributed by atoms with Crippen LogP contribution in [-0.4, -0.2) is 18.2 Å².